The van der Waals surface area contributed by atoms with Crippen LogP contribution in [0.5, 0.6) is 0 Å². The average molecular weight is 370 g/mol. The van der Waals surface area contributed by atoms with Gasteiger partial charge in [-0.2, -0.15) is 0 Å². The van der Waals surface area contributed by atoms with Crippen LogP contribution in [0.3, 0.4) is 0 Å². The van der Waals surface area contributed by atoms with Gasteiger partial charge in [-0.1, -0.05) is 70.4 Å². The van der Waals surface area contributed by atoms with Crippen molar-refractivity contribution < 1.29 is 14.7 Å². The van der Waals surface area contributed by atoms with Crippen LogP contribution in [-0.2, 0) is 9.57 Å². The molecule has 1 aliphatic rings. The molecule has 0 radical (unpaired) electrons. The minimum atomic E-state index is -0.680. The number of ether oxygens (including phenoxy) is 1. The van der Waals surface area contributed by atoms with Gasteiger partial charge >= 0.3 is 0 Å². The molecule has 5 nitrogen and oxygen atoms in total. The number of unbranched alkanes of at least 4 members (excludes halogenated alkanes) is 10. The Morgan fingerprint density at radius 2 is 1.62 bits per heavy atom. The summed E-state index contributed by atoms with van der Waals surface area (Å²) in [7, 11) is 0. The molecule has 1 heterocycles. The van der Waals surface area contributed by atoms with Gasteiger partial charge in [0, 0.05) is 6.61 Å². The zero-order valence-electron chi connectivity index (χ0n) is 16.7. The largest absolute Gasteiger partial charge is 0.376 e. The van der Waals surface area contributed by atoms with Crippen LogP contribution in [0.2, 0.25) is 0 Å². The van der Waals surface area contributed by atoms with Crippen LogP contribution in [0, 0.1) is 10.1 Å². The standard InChI is InChI=1S/C21H39NO4/c1-2-3-4-5-6-7-8-9-10-11-12-13-14-15-17-20-21(26-22(23)24)18-16-19-25-20/h11-12,20-21H,2-10,13-19H2,1H3. The fourth-order valence-corrected chi connectivity index (χ4v) is 3.55. The van der Waals surface area contributed by atoms with Gasteiger partial charge in [0.2, 0.25) is 0 Å². The Morgan fingerprint density at radius 1 is 1.00 bits per heavy atom. The Labute approximate surface area is 159 Å². The van der Waals surface area contributed by atoms with E-state index in [-0.39, 0.29) is 12.2 Å². The van der Waals surface area contributed by atoms with Crippen molar-refractivity contribution in [1.29, 1.82) is 0 Å². The lowest BCUT2D eigenvalue weighted by molar-refractivity contribution is -0.771. The SMILES string of the molecule is CCCCCCCCCCC=CCCCCC1OCCCC1O[N+](=O)[O-]. The second-order valence-corrected chi connectivity index (χ2v) is 7.44. The quantitative estimate of drug-likeness (QED) is 0.137. The monoisotopic (exact) mass is 369 g/mol. The number of nitrogens with zero attached hydrogens (tertiary/aromatic N) is 1. The van der Waals surface area contributed by atoms with Crippen molar-refractivity contribution in [2.75, 3.05) is 6.61 Å². The molecular formula is C21H39NO4. The first kappa shape index (κ1) is 22.9. The molecule has 0 spiro atoms. The molecule has 0 aliphatic carbocycles. The van der Waals surface area contributed by atoms with E-state index >= 15 is 0 Å². The third-order valence-corrected chi connectivity index (χ3v) is 5.10. The minimum absolute atomic E-state index is 0.115. The minimum Gasteiger partial charge on any atom is -0.376 e. The average Bonchev–Trinajstić information content (AvgIpc) is 2.63. The van der Waals surface area contributed by atoms with Gasteiger partial charge in [-0.05, 0) is 44.9 Å². The Kier molecular flexibility index (Phi) is 14.2. The van der Waals surface area contributed by atoms with Crippen LogP contribution in [-0.4, -0.2) is 23.9 Å². The molecule has 26 heavy (non-hydrogen) atoms. The van der Waals surface area contributed by atoms with Gasteiger partial charge in [0.05, 0.1) is 6.10 Å². The molecule has 0 amide bonds. The zero-order chi connectivity index (χ0) is 18.9. The van der Waals surface area contributed by atoms with E-state index in [0.29, 0.717) is 6.61 Å². The third kappa shape index (κ3) is 12.3. The lowest BCUT2D eigenvalue weighted by Gasteiger charge is -2.29. The first-order chi connectivity index (χ1) is 12.7. The van der Waals surface area contributed by atoms with E-state index in [1.165, 1.54) is 57.8 Å². The molecule has 0 N–H and O–H groups in total. The summed E-state index contributed by atoms with van der Waals surface area (Å²) in [6.07, 6.45) is 21.9. The van der Waals surface area contributed by atoms with E-state index in [1.807, 2.05) is 0 Å². The molecule has 0 bridgehead atoms. The molecular weight excluding hydrogens is 330 g/mol. The van der Waals surface area contributed by atoms with Crippen molar-refractivity contribution in [2.24, 2.45) is 0 Å². The summed E-state index contributed by atoms with van der Waals surface area (Å²) in [5.41, 5.74) is 0. The number of allylic oxidation sites excluding steroid dienone is 2. The molecule has 0 saturated carbocycles. The second-order valence-electron chi connectivity index (χ2n) is 7.44. The van der Waals surface area contributed by atoms with Crippen LogP contribution in [0.25, 0.3) is 0 Å². The summed E-state index contributed by atoms with van der Waals surface area (Å²) in [5.74, 6) is 0. The lowest BCUT2D eigenvalue weighted by Crippen LogP contribution is -2.37. The Bertz CT molecular complexity index is 373. The lowest BCUT2D eigenvalue weighted by atomic mass is 10.00. The third-order valence-electron chi connectivity index (χ3n) is 5.10. The van der Waals surface area contributed by atoms with Crippen LogP contribution in [0.1, 0.15) is 103 Å². The summed E-state index contributed by atoms with van der Waals surface area (Å²) in [6.45, 7) is 2.96. The van der Waals surface area contributed by atoms with E-state index in [1.54, 1.807) is 0 Å². The summed E-state index contributed by atoms with van der Waals surface area (Å²) in [5, 5.41) is 9.85. The van der Waals surface area contributed by atoms with Gasteiger partial charge in [-0.3, -0.25) is 0 Å². The van der Waals surface area contributed by atoms with E-state index in [9.17, 15) is 10.1 Å². The van der Waals surface area contributed by atoms with E-state index in [4.69, 9.17) is 9.57 Å². The molecule has 1 saturated heterocycles. The normalized spacial score (nSPS) is 20.5. The fourth-order valence-electron chi connectivity index (χ4n) is 3.55. The second kappa shape index (κ2) is 16.1. The van der Waals surface area contributed by atoms with Crippen molar-refractivity contribution in [2.45, 2.75) is 115 Å². The molecule has 0 aromatic heterocycles. The summed E-state index contributed by atoms with van der Waals surface area (Å²) in [4.78, 5) is 15.3. The molecule has 1 rings (SSSR count). The topological polar surface area (TPSA) is 61.6 Å². The molecule has 2 atom stereocenters. The van der Waals surface area contributed by atoms with Crippen LogP contribution < -0.4 is 0 Å². The van der Waals surface area contributed by atoms with Crippen molar-refractivity contribution >= 4 is 0 Å². The van der Waals surface area contributed by atoms with Crippen molar-refractivity contribution in [3.05, 3.63) is 22.3 Å². The van der Waals surface area contributed by atoms with Gasteiger partial charge in [-0.25, -0.2) is 0 Å². The Hall–Kier alpha value is -1.10. The van der Waals surface area contributed by atoms with Crippen molar-refractivity contribution in [3.8, 4) is 0 Å². The highest BCUT2D eigenvalue weighted by Crippen LogP contribution is 2.22. The van der Waals surface area contributed by atoms with Crippen molar-refractivity contribution in [1.82, 2.24) is 0 Å². The predicted molar refractivity (Wildman–Crippen MR) is 106 cm³/mol. The molecule has 152 valence electrons. The number of rotatable bonds is 16. The number of hydrogen-bond donors (Lipinski definition) is 0. The highest BCUT2D eigenvalue weighted by molar-refractivity contribution is 4.82. The fraction of sp³-hybridized carbons (Fsp3) is 0.905. The molecule has 2 unspecified atom stereocenters. The van der Waals surface area contributed by atoms with Gasteiger partial charge in [0.25, 0.3) is 5.09 Å². The summed E-state index contributed by atoms with van der Waals surface area (Å²) >= 11 is 0. The Morgan fingerprint density at radius 3 is 2.27 bits per heavy atom. The first-order valence-electron chi connectivity index (χ1n) is 10.8. The van der Waals surface area contributed by atoms with Gasteiger partial charge in [0.15, 0.2) is 0 Å². The zero-order valence-corrected chi connectivity index (χ0v) is 16.7. The van der Waals surface area contributed by atoms with E-state index < -0.39 is 5.09 Å². The maximum Gasteiger partial charge on any atom is 0.294 e. The molecule has 0 aromatic carbocycles. The molecule has 0 aromatic rings. The van der Waals surface area contributed by atoms with E-state index in [0.717, 1.165) is 38.5 Å². The first-order valence-corrected chi connectivity index (χ1v) is 10.8. The molecule has 1 fully saturated rings. The highest BCUT2D eigenvalue weighted by atomic mass is 17.0. The maximum absolute atomic E-state index is 10.5. The van der Waals surface area contributed by atoms with Crippen LogP contribution in [0.15, 0.2) is 12.2 Å². The predicted octanol–water partition coefficient (Wildman–Crippen LogP) is 6.39. The maximum atomic E-state index is 10.5. The summed E-state index contributed by atoms with van der Waals surface area (Å²) in [6, 6.07) is 0. The number of hydrogen-bond acceptors (Lipinski definition) is 4. The molecule has 1 aliphatic heterocycles. The molecule has 5 heteroatoms. The van der Waals surface area contributed by atoms with Crippen molar-refractivity contribution in [3.63, 3.8) is 0 Å². The van der Waals surface area contributed by atoms with Gasteiger partial charge < -0.3 is 9.57 Å². The van der Waals surface area contributed by atoms with Crippen LogP contribution in [0.4, 0.5) is 0 Å². The smallest absolute Gasteiger partial charge is 0.294 e. The van der Waals surface area contributed by atoms with E-state index in [2.05, 4.69) is 19.1 Å². The van der Waals surface area contributed by atoms with Gasteiger partial charge in [-0.15, -0.1) is 10.1 Å². The van der Waals surface area contributed by atoms with Gasteiger partial charge in [0.1, 0.15) is 6.10 Å². The Balaban J connectivity index is 1.93. The van der Waals surface area contributed by atoms with Crippen LogP contribution >= 0.6 is 0 Å². The summed E-state index contributed by atoms with van der Waals surface area (Å²) < 4.78 is 5.66. The highest BCUT2D eigenvalue weighted by Gasteiger charge is 2.28.